The van der Waals surface area contributed by atoms with Gasteiger partial charge in [-0.2, -0.15) is 26.3 Å². The lowest BCUT2D eigenvalue weighted by molar-refractivity contribution is -0.143. The van der Waals surface area contributed by atoms with Crippen molar-refractivity contribution in [2.75, 3.05) is 13.1 Å². The van der Waals surface area contributed by atoms with Crippen molar-refractivity contribution in [3.05, 3.63) is 65.1 Å². The molecule has 1 N–H and O–H groups in total. The Morgan fingerprint density at radius 3 is 2.25 bits per heavy atom. The van der Waals surface area contributed by atoms with Gasteiger partial charge in [-0.3, -0.25) is 0 Å². The number of rotatable bonds is 3. The fourth-order valence-corrected chi connectivity index (χ4v) is 5.42. The summed E-state index contributed by atoms with van der Waals surface area (Å²) in [6, 6.07) is 5.29. The van der Waals surface area contributed by atoms with E-state index in [9.17, 15) is 34.9 Å². The summed E-state index contributed by atoms with van der Waals surface area (Å²) in [7, 11) is -2.42. The third-order valence-electron chi connectivity index (χ3n) is 5.61. The second-order valence-corrected chi connectivity index (χ2v) is 9.05. The number of fused-ring (bicyclic) bond motifs is 1. The number of hydrogen-bond donors (Lipinski definition) is 1. The molecule has 1 aliphatic heterocycles. The molecule has 32 heavy (non-hydrogen) atoms. The van der Waals surface area contributed by atoms with E-state index >= 15 is 0 Å². The van der Waals surface area contributed by atoms with Gasteiger partial charge in [0.15, 0.2) is 0 Å². The van der Waals surface area contributed by atoms with Gasteiger partial charge in [0.05, 0.1) is 16.0 Å². The van der Waals surface area contributed by atoms with E-state index in [1.54, 1.807) is 12.3 Å². The SMILES string of the molecule is O=S(c1cc(C(F)(F)F)ccc1C(F)(F)F)N1CCC(c2c[nH]c3ccc(F)cc23)CC1. The second kappa shape index (κ2) is 8.18. The molecular weight excluding hydrogens is 461 g/mol. The van der Waals surface area contributed by atoms with Crippen molar-refractivity contribution in [3.8, 4) is 0 Å². The van der Waals surface area contributed by atoms with Crippen LogP contribution in [0.1, 0.15) is 35.4 Å². The number of nitrogens with zero attached hydrogens (tertiary/aromatic N) is 1. The zero-order valence-electron chi connectivity index (χ0n) is 16.4. The number of nitrogens with one attached hydrogen (secondary N) is 1. The van der Waals surface area contributed by atoms with Crippen LogP contribution in [0, 0.1) is 5.82 Å². The van der Waals surface area contributed by atoms with E-state index in [1.807, 2.05) is 0 Å². The van der Waals surface area contributed by atoms with Gasteiger partial charge in [0.2, 0.25) is 0 Å². The zero-order valence-corrected chi connectivity index (χ0v) is 17.2. The topological polar surface area (TPSA) is 36.1 Å². The Hall–Kier alpha value is -2.40. The number of benzene rings is 2. The quantitative estimate of drug-likeness (QED) is 0.444. The van der Waals surface area contributed by atoms with E-state index in [2.05, 4.69) is 4.98 Å². The van der Waals surface area contributed by atoms with E-state index < -0.39 is 45.2 Å². The Labute approximate surface area is 180 Å². The third kappa shape index (κ3) is 4.40. The highest BCUT2D eigenvalue weighted by Gasteiger charge is 2.39. The Bertz CT molecular complexity index is 1160. The van der Waals surface area contributed by atoms with Crippen molar-refractivity contribution in [3.63, 3.8) is 0 Å². The molecule has 4 rings (SSSR count). The molecule has 2 heterocycles. The highest BCUT2D eigenvalue weighted by molar-refractivity contribution is 7.82. The van der Waals surface area contributed by atoms with Crippen molar-refractivity contribution in [2.45, 2.75) is 36.0 Å². The summed E-state index contributed by atoms with van der Waals surface area (Å²) in [5.41, 5.74) is -1.05. The van der Waals surface area contributed by atoms with Crippen LogP contribution in [-0.2, 0) is 23.3 Å². The van der Waals surface area contributed by atoms with Crippen molar-refractivity contribution < 1.29 is 34.9 Å². The molecule has 1 atom stereocenters. The highest BCUT2D eigenvalue weighted by Crippen LogP contribution is 2.40. The predicted molar refractivity (Wildman–Crippen MR) is 105 cm³/mol. The Balaban J connectivity index is 1.57. The van der Waals surface area contributed by atoms with Crippen LogP contribution < -0.4 is 0 Å². The van der Waals surface area contributed by atoms with Crippen molar-refractivity contribution in [1.29, 1.82) is 0 Å². The van der Waals surface area contributed by atoms with Gasteiger partial charge in [-0.15, -0.1) is 0 Å². The molecule has 3 nitrogen and oxygen atoms in total. The lowest BCUT2D eigenvalue weighted by atomic mass is 9.90. The van der Waals surface area contributed by atoms with Crippen LogP contribution in [0.15, 0.2) is 47.5 Å². The van der Waals surface area contributed by atoms with Gasteiger partial charge in [-0.1, -0.05) is 0 Å². The zero-order chi connectivity index (χ0) is 23.3. The van der Waals surface area contributed by atoms with Gasteiger partial charge < -0.3 is 4.98 Å². The number of piperidine rings is 1. The first-order valence-electron chi connectivity index (χ1n) is 9.67. The molecule has 3 aromatic rings. The molecule has 0 bridgehead atoms. The molecule has 1 aromatic heterocycles. The first kappa shape index (κ1) is 22.8. The molecule has 0 aliphatic carbocycles. The fraction of sp³-hybridized carbons (Fsp3) is 0.333. The largest absolute Gasteiger partial charge is 0.417 e. The van der Waals surface area contributed by atoms with Gasteiger partial charge in [-0.05, 0) is 60.7 Å². The molecule has 172 valence electrons. The molecule has 1 aliphatic rings. The smallest absolute Gasteiger partial charge is 0.361 e. The molecule has 11 heteroatoms. The number of hydrogen-bond acceptors (Lipinski definition) is 1. The van der Waals surface area contributed by atoms with E-state index in [0.29, 0.717) is 36.4 Å². The average molecular weight is 478 g/mol. The summed E-state index contributed by atoms with van der Waals surface area (Å²) < 4.78 is 107. The molecule has 0 radical (unpaired) electrons. The van der Waals surface area contributed by atoms with E-state index in [1.165, 1.54) is 16.4 Å². The second-order valence-electron chi connectivity index (χ2n) is 7.59. The van der Waals surface area contributed by atoms with Gasteiger partial charge in [0.1, 0.15) is 16.8 Å². The number of H-pyrrole nitrogens is 1. The number of alkyl halides is 6. The van der Waals surface area contributed by atoms with Crippen molar-refractivity contribution in [2.24, 2.45) is 0 Å². The van der Waals surface area contributed by atoms with Crippen LogP contribution in [0.25, 0.3) is 10.9 Å². The summed E-state index contributed by atoms with van der Waals surface area (Å²) in [4.78, 5) is 2.14. The maximum Gasteiger partial charge on any atom is 0.417 e. The van der Waals surface area contributed by atoms with Gasteiger partial charge in [-0.25, -0.2) is 12.9 Å². The standard InChI is InChI=1S/C21H17F7N2OS/c22-14-2-4-18-15(10-14)16(11-29-18)12-5-7-30(8-6-12)32(31)19-9-13(20(23,24)25)1-3-17(19)21(26,27)28/h1-4,9-12,29H,5-8H2. The lowest BCUT2D eigenvalue weighted by Crippen LogP contribution is -2.35. The summed E-state index contributed by atoms with van der Waals surface area (Å²) in [5, 5.41) is 0.696. The van der Waals surface area contributed by atoms with Crippen LogP contribution in [0.5, 0.6) is 0 Å². The summed E-state index contributed by atoms with van der Waals surface area (Å²) in [5.74, 6) is -0.455. The van der Waals surface area contributed by atoms with Crippen LogP contribution in [-0.4, -0.2) is 26.6 Å². The van der Waals surface area contributed by atoms with Crippen LogP contribution in [0.3, 0.4) is 0 Å². The number of aromatic amines is 1. The Morgan fingerprint density at radius 1 is 0.938 bits per heavy atom. The summed E-state index contributed by atoms with van der Waals surface area (Å²) in [6.07, 6.45) is -7.23. The van der Waals surface area contributed by atoms with Gasteiger partial charge >= 0.3 is 12.4 Å². The monoisotopic (exact) mass is 478 g/mol. The van der Waals surface area contributed by atoms with Gasteiger partial charge in [0.25, 0.3) is 0 Å². The minimum atomic E-state index is -4.94. The molecule has 0 saturated carbocycles. The maximum absolute atomic E-state index is 13.6. The average Bonchev–Trinajstić information content (AvgIpc) is 3.14. The molecule has 2 aromatic carbocycles. The Morgan fingerprint density at radius 2 is 1.62 bits per heavy atom. The fourth-order valence-electron chi connectivity index (χ4n) is 4.00. The van der Waals surface area contributed by atoms with Crippen LogP contribution >= 0.6 is 0 Å². The minimum absolute atomic E-state index is 0.0533. The van der Waals surface area contributed by atoms with Crippen LogP contribution in [0.4, 0.5) is 30.7 Å². The van der Waals surface area contributed by atoms with Gasteiger partial charge in [0, 0.05) is 30.2 Å². The Kier molecular flexibility index (Phi) is 5.83. The summed E-state index contributed by atoms with van der Waals surface area (Å²) >= 11 is 0. The van der Waals surface area contributed by atoms with E-state index in [0.717, 1.165) is 11.1 Å². The first-order valence-corrected chi connectivity index (χ1v) is 10.8. The highest BCUT2D eigenvalue weighted by atomic mass is 32.2. The minimum Gasteiger partial charge on any atom is -0.361 e. The molecule has 1 saturated heterocycles. The normalized spacial score (nSPS) is 17.7. The molecule has 0 spiro atoms. The van der Waals surface area contributed by atoms with Crippen LogP contribution in [0.2, 0.25) is 0 Å². The van der Waals surface area contributed by atoms with E-state index in [-0.39, 0.29) is 19.0 Å². The first-order chi connectivity index (χ1) is 14.9. The molecule has 1 unspecified atom stereocenters. The van der Waals surface area contributed by atoms with E-state index in [4.69, 9.17) is 0 Å². The lowest BCUT2D eigenvalue weighted by Gasteiger charge is -2.31. The summed E-state index contributed by atoms with van der Waals surface area (Å²) in [6.45, 7) is 0.236. The van der Waals surface area contributed by atoms with Crippen molar-refractivity contribution in [1.82, 2.24) is 9.29 Å². The molecule has 1 fully saturated rings. The molecular formula is C21H17F7N2OS. The predicted octanol–water partition coefficient (Wildman–Crippen LogP) is 6.25. The number of halogens is 7. The third-order valence-corrected chi connectivity index (χ3v) is 7.15. The maximum atomic E-state index is 13.6. The number of aromatic nitrogens is 1. The molecule has 0 amide bonds. The van der Waals surface area contributed by atoms with Crippen molar-refractivity contribution >= 4 is 21.9 Å².